The molecule has 1 aliphatic rings. The van der Waals surface area contributed by atoms with Gasteiger partial charge in [0.05, 0.1) is 17.0 Å². The van der Waals surface area contributed by atoms with Crippen LogP contribution >= 0.6 is 0 Å². The Morgan fingerprint density at radius 2 is 1.85 bits per heavy atom. The molecule has 1 atom stereocenters. The highest BCUT2D eigenvalue weighted by molar-refractivity contribution is 7.88. The molecular weight excluding hydrogens is 611 g/mol. The predicted molar refractivity (Wildman–Crippen MR) is 175 cm³/mol. The number of nitrogens with one attached hydrogen (secondary N) is 1. The fraction of sp³-hybridized carbons (Fsp3) is 0.394. The Balaban J connectivity index is 1.42. The summed E-state index contributed by atoms with van der Waals surface area (Å²) < 4.78 is 53.4. The van der Waals surface area contributed by atoms with Gasteiger partial charge in [0.15, 0.2) is 0 Å². The summed E-state index contributed by atoms with van der Waals surface area (Å²) in [6, 6.07) is 11.6. The molecule has 0 bridgehead atoms. The number of carbonyl (C=O) groups excluding carboxylic acids is 1. The van der Waals surface area contributed by atoms with Crippen molar-refractivity contribution in [3.8, 4) is 22.9 Å². The lowest BCUT2D eigenvalue weighted by molar-refractivity contribution is 0.0206. The van der Waals surface area contributed by atoms with Crippen molar-refractivity contribution in [3.63, 3.8) is 0 Å². The maximum Gasteiger partial charge on any atom is 0.410 e. The molecule has 244 valence electrons. The molecule has 0 spiro atoms. The van der Waals surface area contributed by atoms with Crippen LogP contribution in [-0.4, -0.2) is 77.5 Å². The van der Waals surface area contributed by atoms with E-state index in [0.29, 0.717) is 46.8 Å². The molecule has 0 aliphatic carbocycles. The van der Waals surface area contributed by atoms with Gasteiger partial charge in [-0.2, -0.15) is 0 Å². The van der Waals surface area contributed by atoms with Crippen molar-refractivity contribution in [2.24, 2.45) is 0 Å². The van der Waals surface area contributed by atoms with Gasteiger partial charge in [-0.3, -0.25) is 0 Å². The van der Waals surface area contributed by atoms with Crippen LogP contribution in [0.1, 0.15) is 44.7 Å². The SMILES string of the molecule is Cc1ccc2c(CS(=O)(=O)N(C)C)c(F)ccc2c1Oc1ncccc1-c1ccnc(N[C@H]2CCCN(C(=O)OC(C)(C)C)C2)n1. The molecule has 1 saturated heterocycles. The summed E-state index contributed by atoms with van der Waals surface area (Å²) in [6.07, 6.45) is 4.55. The number of pyridine rings is 1. The molecule has 0 saturated carbocycles. The number of fused-ring (bicyclic) bond motifs is 1. The first-order valence-corrected chi connectivity index (χ1v) is 16.6. The minimum Gasteiger partial charge on any atom is -0.444 e. The zero-order valence-electron chi connectivity index (χ0n) is 26.9. The zero-order valence-corrected chi connectivity index (χ0v) is 27.7. The number of hydrogen-bond donors (Lipinski definition) is 1. The standard InChI is InChI=1S/C33H39FN6O5S/c1-21-11-12-23-24(13-14-27(34)26(23)20-46(42,43)39(5)6)29(21)44-30-25(10-7-16-35-30)28-15-17-36-31(38-28)37-22-9-8-18-40(19-22)32(41)45-33(2,3)4/h7,10-17,22H,8-9,18-20H2,1-6H3,(H,36,37,38)/t22-/m0/s1. The summed E-state index contributed by atoms with van der Waals surface area (Å²) in [5.41, 5.74) is 1.41. The van der Waals surface area contributed by atoms with Gasteiger partial charge in [-0.25, -0.2) is 36.9 Å². The summed E-state index contributed by atoms with van der Waals surface area (Å²) >= 11 is 0. The summed E-state index contributed by atoms with van der Waals surface area (Å²) in [6.45, 7) is 8.47. The van der Waals surface area contributed by atoms with E-state index in [4.69, 9.17) is 14.5 Å². The van der Waals surface area contributed by atoms with Gasteiger partial charge >= 0.3 is 6.09 Å². The molecule has 11 nitrogen and oxygen atoms in total. The van der Waals surface area contributed by atoms with Crippen LogP contribution in [-0.2, 0) is 20.5 Å². The maximum atomic E-state index is 15.0. The molecule has 13 heteroatoms. The Hall–Kier alpha value is -4.36. The molecule has 46 heavy (non-hydrogen) atoms. The third-order valence-electron chi connectivity index (χ3n) is 7.59. The molecule has 1 aliphatic heterocycles. The van der Waals surface area contributed by atoms with Crippen LogP contribution < -0.4 is 10.1 Å². The van der Waals surface area contributed by atoms with Crippen LogP contribution in [0.2, 0.25) is 0 Å². The minimum atomic E-state index is -3.73. The molecule has 0 unspecified atom stereocenters. The van der Waals surface area contributed by atoms with Gasteiger partial charge < -0.3 is 19.7 Å². The van der Waals surface area contributed by atoms with Crippen LogP contribution in [0.3, 0.4) is 0 Å². The van der Waals surface area contributed by atoms with Crippen molar-refractivity contribution in [2.45, 2.75) is 57.9 Å². The van der Waals surface area contributed by atoms with E-state index in [0.717, 1.165) is 22.7 Å². The molecule has 1 amide bonds. The summed E-state index contributed by atoms with van der Waals surface area (Å²) in [5, 5.41) is 4.35. The average Bonchev–Trinajstić information content (AvgIpc) is 2.99. The predicted octanol–water partition coefficient (Wildman–Crippen LogP) is 6.13. The second-order valence-electron chi connectivity index (χ2n) is 12.5. The Kier molecular flexibility index (Phi) is 9.45. The number of nitrogens with zero attached hydrogens (tertiary/aromatic N) is 5. The Labute approximate surface area is 268 Å². The number of ether oxygens (including phenoxy) is 2. The molecule has 3 heterocycles. The van der Waals surface area contributed by atoms with Gasteiger partial charge in [-0.15, -0.1) is 0 Å². The Morgan fingerprint density at radius 1 is 1.09 bits per heavy atom. The smallest absolute Gasteiger partial charge is 0.410 e. The van der Waals surface area contributed by atoms with Gasteiger partial charge in [0, 0.05) is 56.6 Å². The van der Waals surface area contributed by atoms with Crippen molar-refractivity contribution >= 4 is 32.8 Å². The number of amides is 1. The topological polar surface area (TPSA) is 127 Å². The first kappa shape index (κ1) is 33.0. The molecule has 0 radical (unpaired) electrons. The number of carbonyl (C=O) groups is 1. The largest absolute Gasteiger partial charge is 0.444 e. The molecule has 1 N–H and O–H groups in total. The van der Waals surface area contributed by atoms with E-state index >= 15 is 4.39 Å². The number of aromatic nitrogens is 3. The van der Waals surface area contributed by atoms with E-state index < -0.39 is 27.2 Å². The highest BCUT2D eigenvalue weighted by atomic mass is 32.2. The summed E-state index contributed by atoms with van der Waals surface area (Å²) in [7, 11) is -0.889. The van der Waals surface area contributed by atoms with E-state index in [1.807, 2.05) is 33.8 Å². The number of sulfonamides is 1. The highest BCUT2D eigenvalue weighted by Gasteiger charge is 2.28. The number of likely N-dealkylation sites (tertiary alicyclic amines) is 1. The molecule has 2 aromatic heterocycles. The first-order valence-electron chi connectivity index (χ1n) is 15.0. The summed E-state index contributed by atoms with van der Waals surface area (Å²) in [4.78, 5) is 28.0. The Bertz CT molecular complexity index is 1860. The minimum absolute atomic E-state index is 0.0645. The number of aryl methyl sites for hydroxylation is 1. The van der Waals surface area contributed by atoms with Crippen molar-refractivity contribution in [1.29, 1.82) is 0 Å². The van der Waals surface area contributed by atoms with Crippen LogP contribution in [0.5, 0.6) is 11.6 Å². The fourth-order valence-electron chi connectivity index (χ4n) is 5.23. The van der Waals surface area contributed by atoms with Crippen molar-refractivity contribution in [2.75, 3.05) is 32.5 Å². The van der Waals surface area contributed by atoms with Crippen LogP contribution in [0, 0.1) is 12.7 Å². The first-order chi connectivity index (χ1) is 21.7. The second-order valence-corrected chi connectivity index (χ2v) is 14.7. The number of anilines is 1. The lowest BCUT2D eigenvalue weighted by Crippen LogP contribution is -2.47. The monoisotopic (exact) mass is 650 g/mol. The molecule has 5 rings (SSSR count). The van der Waals surface area contributed by atoms with E-state index in [1.165, 1.54) is 20.2 Å². The van der Waals surface area contributed by atoms with Crippen molar-refractivity contribution in [3.05, 3.63) is 71.8 Å². The molecule has 1 fully saturated rings. The second kappa shape index (κ2) is 13.2. The maximum absolute atomic E-state index is 15.0. The van der Waals surface area contributed by atoms with Crippen LogP contribution in [0.15, 0.2) is 54.9 Å². The third-order valence-corrected chi connectivity index (χ3v) is 9.36. The van der Waals surface area contributed by atoms with Gasteiger partial charge in [-0.1, -0.05) is 12.1 Å². The van der Waals surface area contributed by atoms with E-state index in [1.54, 1.807) is 47.6 Å². The normalized spacial score (nSPS) is 15.7. The van der Waals surface area contributed by atoms with Crippen molar-refractivity contribution < 1.29 is 27.1 Å². The molecule has 2 aromatic carbocycles. The number of benzene rings is 2. The van der Waals surface area contributed by atoms with Crippen LogP contribution in [0.25, 0.3) is 22.0 Å². The highest BCUT2D eigenvalue weighted by Crippen LogP contribution is 2.38. The van der Waals surface area contributed by atoms with E-state index in [-0.39, 0.29) is 23.6 Å². The molecular formula is C33H39FN6O5S. The molecule has 4 aromatic rings. The lowest BCUT2D eigenvalue weighted by Gasteiger charge is -2.34. The van der Waals surface area contributed by atoms with Gasteiger partial charge in [-0.05, 0) is 81.8 Å². The fourth-order valence-corrected chi connectivity index (χ4v) is 6.14. The zero-order chi connectivity index (χ0) is 33.2. The number of rotatable bonds is 8. The quantitative estimate of drug-likeness (QED) is 0.239. The van der Waals surface area contributed by atoms with Gasteiger partial charge in [0.25, 0.3) is 0 Å². The number of piperidine rings is 1. The van der Waals surface area contributed by atoms with E-state index in [2.05, 4.69) is 15.3 Å². The lowest BCUT2D eigenvalue weighted by atomic mass is 10.0. The van der Waals surface area contributed by atoms with Gasteiger partial charge in [0.1, 0.15) is 17.2 Å². The average molecular weight is 651 g/mol. The third kappa shape index (κ3) is 7.53. The number of halogens is 1. The van der Waals surface area contributed by atoms with Gasteiger partial charge in [0.2, 0.25) is 21.9 Å². The Morgan fingerprint density at radius 3 is 2.59 bits per heavy atom. The van der Waals surface area contributed by atoms with E-state index in [9.17, 15) is 13.2 Å². The van der Waals surface area contributed by atoms with Crippen molar-refractivity contribution in [1.82, 2.24) is 24.2 Å². The summed E-state index contributed by atoms with van der Waals surface area (Å²) in [5.74, 6) is -0.0132. The van der Waals surface area contributed by atoms with Crippen LogP contribution in [0.4, 0.5) is 15.1 Å². The number of hydrogen-bond acceptors (Lipinski definition) is 9.